The van der Waals surface area contributed by atoms with Crippen LogP contribution in [0.5, 0.6) is 0 Å². The first-order valence-electron chi connectivity index (χ1n) is 30.1. The molecule has 0 aliphatic carbocycles. The fourth-order valence-electron chi connectivity index (χ4n) is 9.28. The predicted octanol–water partition coefficient (Wildman–Crippen LogP) is 19.7. The molecule has 0 amide bonds. The number of anilines is 6. The average molecular weight is 1330 g/mol. The van der Waals surface area contributed by atoms with E-state index in [1.807, 2.05) is 166 Å². The second-order valence-corrected chi connectivity index (χ2v) is 19.7. The highest BCUT2D eigenvalue weighted by Crippen LogP contribution is 2.50. The number of alkyl halides is 2. The maximum absolute atomic E-state index is 12.0. The summed E-state index contributed by atoms with van der Waals surface area (Å²) >= 11 is 4.90. The molecule has 11 nitrogen and oxygen atoms in total. The zero-order chi connectivity index (χ0) is 64.6. The molecule has 3 aliphatic rings. The lowest BCUT2D eigenvalue weighted by atomic mass is 9.73. The highest BCUT2D eigenvalue weighted by atomic mass is 127. The molecule has 0 radical (unpaired) electrons. The number of ether oxygens (including phenoxy) is 3. The molecular formula is C71H103BrIN3O8. The van der Waals surface area contributed by atoms with Crippen LogP contribution in [0.2, 0.25) is 0 Å². The molecule has 13 heteroatoms. The Kier molecular flexibility index (Phi) is 41.3. The quantitative estimate of drug-likeness (QED) is 0.0620. The van der Waals surface area contributed by atoms with Crippen LogP contribution in [0.3, 0.4) is 0 Å². The van der Waals surface area contributed by atoms with E-state index in [1.54, 1.807) is 13.8 Å². The van der Waals surface area contributed by atoms with Gasteiger partial charge in [-0.15, -0.1) is 0 Å². The summed E-state index contributed by atoms with van der Waals surface area (Å²) in [5, 5.41) is 13.0. The number of esters is 3. The molecule has 6 aromatic rings. The first kappa shape index (κ1) is 79.9. The van der Waals surface area contributed by atoms with E-state index in [4.69, 9.17) is 4.74 Å². The largest absolute Gasteiger partial charge is 0.480 e. The van der Waals surface area contributed by atoms with Crippen molar-refractivity contribution in [1.82, 2.24) is 0 Å². The monoisotopic (exact) mass is 1330 g/mol. The molecule has 0 fully saturated rings. The van der Waals surface area contributed by atoms with Crippen molar-refractivity contribution in [3.63, 3.8) is 0 Å². The molecule has 6 aromatic carbocycles. The van der Waals surface area contributed by atoms with E-state index < -0.39 is 5.97 Å². The summed E-state index contributed by atoms with van der Waals surface area (Å²) in [5.74, 6) is -1.37. The van der Waals surface area contributed by atoms with Crippen LogP contribution in [0.25, 0.3) is 0 Å². The number of aliphatic carboxylic acids is 1. The highest BCUT2D eigenvalue weighted by Gasteiger charge is 2.38. The van der Waals surface area contributed by atoms with Gasteiger partial charge >= 0.3 is 23.9 Å². The number of halogens is 2. The summed E-state index contributed by atoms with van der Waals surface area (Å²) in [5.41, 5.74) is 14.0. The molecule has 0 bridgehead atoms. The van der Waals surface area contributed by atoms with Crippen molar-refractivity contribution in [2.75, 3.05) is 57.8 Å². The van der Waals surface area contributed by atoms with Gasteiger partial charge in [-0.05, 0) is 90.6 Å². The molecule has 0 atom stereocenters. The molecule has 84 heavy (non-hydrogen) atoms. The molecule has 9 rings (SSSR count). The lowest BCUT2D eigenvalue weighted by Crippen LogP contribution is -2.36. The number of carbonyl (C=O) groups excluding carboxylic acids is 3. The summed E-state index contributed by atoms with van der Waals surface area (Å²) in [7, 11) is 0. The van der Waals surface area contributed by atoms with Crippen LogP contribution in [0.15, 0.2) is 146 Å². The number of rotatable bonds is 9. The van der Waals surface area contributed by atoms with Gasteiger partial charge in [-0.2, -0.15) is 0 Å². The number of carboxylic acid groups (broad SMARTS) is 1. The second kappa shape index (κ2) is 43.4. The van der Waals surface area contributed by atoms with Crippen LogP contribution in [0.1, 0.15) is 179 Å². The van der Waals surface area contributed by atoms with E-state index in [1.165, 1.54) is 44.8 Å². The van der Waals surface area contributed by atoms with Gasteiger partial charge < -0.3 is 34.4 Å². The number of hydrogen-bond donors (Lipinski definition) is 2. The lowest BCUT2D eigenvalue weighted by Gasteiger charge is -2.41. The van der Waals surface area contributed by atoms with Gasteiger partial charge in [0.25, 0.3) is 0 Å². The van der Waals surface area contributed by atoms with Gasteiger partial charge in [0.2, 0.25) is 0 Å². The van der Waals surface area contributed by atoms with E-state index in [0.717, 1.165) is 22.7 Å². The van der Waals surface area contributed by atoms with Crippen LogP contribution >= 0.6 is 38.5 Å². The summed E-state index contributed by atoms with van der Waals surface area (Å²) in [6.45, 7) is 44.4. The number of nitrogens with one attached hydrogen (secondary N) is 1. The Labute approximate surface area is 530 Å². The first-order chi connectivity index (χ1) is 40.4. The summed E-state index contributed by atoms with van der Waals surface area (Å²) in [6, 6.07) is 49.7. The second-order valence-electron chi connectivity index (χ2n) is 18.4. The fraction of sp³-hybridized carbons (Fsp3) is 0.437. The van der Waals surface area contributed by atoms with E-state index >= 15 is 0 Å². The molecule has 0 saturated carbocycles. The Morgan fingerprint density at radius 3 is 0.929 bits per heavy atom. The van der Waals surface area contributed by atoms with Crippen molar-refractivity contribution < 1.29 is 38.5 Å². The van der Waals surface area contributed by atoms with Crippen molar-refractivity contribution >= 4 is 96.5 Å². The number of hydrogen-bond acceptors (Lipinski definition) is 10. The summed E-state index contributed by atoms with van der Waals surface area (Å²) < 4.78 is 14.6. The molecular weight excluding hydrogens is 1230 g/mol. The molecule has 0 aromatic heterocycles. The summed E-state index contributed by atoms with van der Waals surface area (Å²) in [6.07, 6.45) is 0. The zero-order valence-electron chi connectivity index (χ0n) is 54.8. The first-order valence-corrected chi connectivity index (χ1v) is 32.7. The number of carbonyl (C=O) groups is 4. The van der Waals surface area contributed by atoms with Gasteiger partial charge in [0, 0.05) is 50.4 Å². The van der Waals surface area contributed by atoms with Crippen LogP contribution < -0.4 is 15.1 Å². The minimum Gasteiger partial charge on any atom is -0.480 e. The Morgan fingerprint density at radius 1 is 0.417 bits per heavy atom. The number of benzene rings is 6. The fourth-order valence-corrected chi connectivity index (χ4v) is 9.66. The molecule has 464 valence electrons. The van der Waals surface area contributed by atoms with Gasteiger partial charge in [-0.1, -0.05) is 272 Å². The van der Waals surface area contributed by atoms with E-state index in [2.05, 4.69) is 174 Å². The maximum atomic E-state index is 12.0. The SMILES string of the molecule is CC.CC.CC.CC.CC.CC.CC1(C)c2ccccc2N(CC(=O)O)c2ccccc21.CC1(C)c2ccccc2Nc2ccccc21.CCOC(=O)CBr.CCOC(=O)CI.CCOC(=O)CN1c2ccccc2C(C)(C)c2ccccc21. The third-order valence-corrected chi connectivity index (χ3v) is 13.7. The van der Waals surface area contributed by atoms with Crippen molar-refractivity contribution in [1.29, 1.82) is 0 Å². The molecule has 0 spiro atoms. The third kappa shape index (κ3) is 22.7. The number of nitrogens with zero attached hydrogens (tertiary/aromatic N) is 2. The smallest absolute Gasteiger partial charge is 0.325 e. The van der Waals surface area contributed by atoms with E-state index in [0.29, 0.717) is 29.6 Å². The van der Waals surface area contributed by atoms with Crippen molar-refractivity contribution in [2.45, 2.75) is 162 Å². The van der Waals surface area contributed by atoms with Crippen LogP contribution in [-0.2, 0) is 49.6 Å². The lowest BCUT2D eigenvalue weighted by molar-refractivity contribution is -0.141. The Morgan fingerprint density at radius 2 is 0.667 bits per heavy atom. The van der Waals surface area contributed by atoms with Crippen LogP contribution in [-0.4, -0.2) is 71.7 Å². The molecule has 3 aliphatic heterocycles. The third-order valence-electron chi connectivity index (χ3n) is 12.7. The van der Waals surface area contributed by atoms with E-state index in [9.17, 15) is 24.3 Å². The van der Waals surface area contributed by atoms with E-state index in [-0.39, 0.29) is 47.2 Å². The standard InChI is InChI=1S/C19H21NO2.C17H17NO2.C15H15N.C4H7BrO2.C4H7IO2.6C2H6/c1-4-22-18(21)13-20-16-11-7-5-9-14(16)19(2,3)15-10-6-8-12-17(15)20;1-17(2)12-7-3-5-9-14(12)18(11-16(19)20)15-10-6-4-8-13(15)17;1-15(2)11-7-3-5-9-13(11)16-14-10-6-4-8-12(14)15;2*1-2-7-4(6)3-5;6*1-2/h5-12H,4,13H2,1-3H3;3-10H,11H2,1-2H3,(H,19,20);3-10,16H,1-2H3;2*2-3H2,1H3;6*1-2H3. The maximum Gasteiger partial charge on any atom is 0.325 e. The minimum absolute atomic E-state index is 0.0237. The number of carboxylic acids is 1. The molecule has 0 unspecified atom stereocenters. The Hall–Kier alpha value is -6.19. The van der Waals surface area contributed by atoms with Crippen LogP contribution in [0, 0.1) is 0 Å². The zero-order valence-corrected chi connectivity index (χ0v) is 58.5. The van der Waals surface area contributed by atoms with Crippen molar-refractivity contribution in [3.05, 3.63) is 179 Å². The Bertz CT molecular complexity index is 2650. The predicted molar refractivity (Wildman–Crippen MR) is 371 cm³/mol. The minimum atomic E-state index is -0.825. The van der Waals surface area contributed by atoms with Crippen molar-refractivity contribution in [2.24, 2.45) is 0 Å². The molecule has 0 saturated heterocycles. The number of fused-ring (bicyclic) bond motifs is 6. The normalized spacial score (nSPS) is 12.4. The molecule has 3 heterocycles. The van der Waals surface area contributed by atoms with Gasteiger partial charge in [0.05, 0.1) is 24.2 Å². The van der Waals surface area contributed by atoms with Gasteiger partial charge in [0.1, 0.15) is 18.4 Å². The molecule has 2 N–H and O–H groups in total. The Balaban J connectivity index is 0. The summed E-state index contributed by atoms with van der Waals surface area (Å²) in [4.78, 5) is 47.5. The number of para-hydroxylation sites is 6. The van der Waals surface area contributed by atoms with Gasteiger partial charge in [-0.3, -0.25) is 19.2 Å². The average Bonchev–Trinajstić information content (AvgIpc) is 2.36. The van der Waals surface area contributed by atoms with Gasteiger partial charge in [-0.25, -0.2) is 0 Å². The van der Waals surface area contributed by atoms with Crippen LogP contribution in [0.4, 0.5) is 34.1 Å². The van der Waals surface area contributed by atoms with Crippen molar-refractivity contribution in [3.8, 4) is 0 Å². The highest BCUT2D eigenvalue weighted by molar-refractivity contribution is 14.1. The topological polar surface area (TPSA) is 135 Å². The van der Waals surface area contributed by atoms with Gasteiger partial charge in [0.15, 0.2) is 0 Å².